The lowest BCUT2D eigenvalue weighted by Gasteiger charge is -2.15. The molecular weight excluding hydrogens is 228 g/mol. The lowest BCUT2D eigenvalue weighted by molar-refractivity contribution is -0.139. The summed E-state index contributed by atoms with van der Waals surface area (Å²) in [6, 6.07) is 3.11. The van der Waals surface area contributed by atoms with Crippen LogP contribution in [0, 0.1) is 0 Å². The number of rotatable bonds is 2. The number of fused-ring (bicyclic) bond motifs is 1. The Balaban J connectivity index is 2.29. The van der Waals surface area contributed by atoms with E-state index in [1.807, 2.05) is 7.05 Å². The summed E-state index contributed by atoms with van der Waals surface area (Å²) in [5.74, 6) is -0.176. The summed E-state index contributed by atoms with van der Waals surface area (Å²) in [6.45, 7) is 4.41. The quantitative estimate of drug-likeness (QED) is 0.802. The molecule has 0 fully saturated rings. The summed E-state index contributed by atoms with van der Waals surface area (Å²) in [6.07, 6.45) is 2.39. The molecular formula is C14H22N2O2. The SMILES string of the molecule is COC(=O)Cc1cc2c(n1C)CC(C)NC(C)C2. The Morgan fingerprint density at radius 2 is 2.11 bits per heavy atom. The third-order valence-electron chi connectivity index (χ3n) is 3.70. The van der Waals surface area contributed by atoms with Crippen LogP contribution in [0.2, 0.25) is 0 Å². The maximum absolute atomic E-state index is 11.4. The molecule has 2 unspecified atom stereocenters. The monoisotopic (exact) mass is 250 g/mol. The summed E-state index contributed by atoms with van der Waals surface area (Å²) in [5, 5.41) is 3.57. The third-order valence-corrected chi connectivity index (χ3v) is 3.70. The van der Waals surface area contributed by atoms with Crippen molar-refractivity contribution < 1.29 is 9.53 Å². The molecule has 2 rings (SSSR count). The summed E-state index contributed by atoms with van der Waals surface area (Å²) in [7, 11) is 3.48. The van der Waals surface area contributed by atoms with E-state index in [-0.39, 0.29) is 5.97 Å². The van der Waals surface area contributed by atoms with Crippen molar-refractivity contribution in [2.45, 2.75) is 45.2 Å². The van der Waals surface area contributed by atoms with Crippen LogP contribution in [0.3, 0.4) is 0 Å². The normalized spacial score (nSPS) is 23.3. The molecule has 100 valence electrons. The predicted octanol–water partition coefficient (Wildman–Crippen LogP) is 1.21. The van der Waals surface area contributed by atoms with Gasteiger partial charge in [0, 0.05) is 36.9 Å². The van der Waals surface area contributed by atoms with E-state index in [4.69, 9.17) is 4.74 Å². The first kappa shape index (κ1) is 13.1. The van der Waals surface area contributed by atoms with E-state index in [1.54, 1.807) is 0 Å². The molecule has 1 aromatic heterocycles. The van der Waals surface area contributed by atoms with Gasteiger partial charge in [0.25, 0.3) is 0 Å². The fourth-order valence-electron chi connectivity index (χ4n) is 2.83. The standard InChI is InChI=1S/C14H22N2O2/c1-9-5-11-7-12(8-14(17)18-4)16(3)13(11)6-10(2)15-9/h7,9-10,15H,5-6,8H2,1-4H3. The van der Waals surface area contributed by atoms with E-state index in [0.717, 1.165) is 18.5 Å². The summed E-state index contributed by atoms with van der Waals surface area (Å²) < 4.78 is 6.90. The summed E-state index contributed by atoms with van der Waals surface area (Å²) in [4.78, 5) is 11.4. The topological polar surface area (TPSA) is 43.3 Å². The van der Waals surface area contributed by atoms with E-state index < -0.39 is 0 Å². The highest BCUT2D eigenvalue weighted by molar-refractivity contribution is 5.72. The van der Waals surface area contributed by atoms with Crippen molar-refractivity contribution in [3.8, 4) is 0 Å². The van der Waals surface area contributed by atoms with Crippen LogP contribution in [0.1, 0.15) is 30.8 Å². The Hall–Kier alpha value is -1.29. The fourth-order valence-corrected chi connectivity index (χ4v) is 2.83. The number of esters is 1. The smallest absolute Gasteiger partial charge is 0.311 e. The van der Waals surface area contributed by atoms with Crippen molar-refractivity contribution in [3.63, 3.8) is 0 Å². The lowest BCUT2D eigenvalue weighted by Crippen LogP contribution is -2.35. The largest absolute Gasteiger partial charge is 0.469 e. The number of nitrogens with zero attached hydrogens (tertiary/aromatic N) is 1. The van der Waals surface area contributed by atoms with Gasteiger partial charge in [-0.3, -0.25) is 4.79 Å². The zero-order valence-corrected chi connectivity index (χ0v) is 11.6. The van der Waals surface area contributed by atoms with Gasteiger partial charge in [0.2, 0.25) is 0 Å². The molecule has 1 N–H and O–H groups in total. The average molecular weight is 250 g/mol. The second-order valence-electron chi connectivity index (χ2n) is 5.30. The van der Waals surface area contributed by atoms with Crippen molar-refractivity contribution in [2.24, 2.45) is 7.05 Å². The van der Waals surface area contributed by atoms with Gasteiger partial charge in [0.1, 0.15) is 0 Å². The molecule has 0 amide bonds. The van der Waals surface area contributed by atoms with Crippen molar-refractivity contribution in [1.29, 1.82) is 0 Å². The molecule has 0 radical (unpaired) electrons. The van der Waals surface area contributed by atoms with Crippen LogP contribution >= 0.6 is 0 Å². The first-order valence-electron chi connectivity index (χ1n) is 6.50. The van der Waals surface area contributed by atoms with Gasteiger partial charge in [-0.25, -0.2) is 0 Å². The van der Waals surface area contributed by atoms with Gasteiger partial charge in [-0.2, -0.15) is 0 Å². The van der Waals surface area contributed by atoms with Crippen LogP contribution in [0.4, 0.5) is 0 Å². The number of ether oxygens (including phenoxy) is 1. The molecule has 0 saturated heterocycles. The number of carbonyl (C=O) groups is 1. The third kappa shape index (κ3) is 2.58. The second kappa shape index (κ2) is 5.14. The number of hydrogen-bond donors (Lipinski definition) is 1. The molecule has 0 aliphatic carbocycles. The van der Waals surface area contributed by atoms with Crippen LogP contribution in [0.15, 0.2) is 6.07 Å². The minimum Gasteiger partial charge on any atom is -0.469 e. The van der Waals surface area contributed by atoms with Crippen molar-refractivity contribution in [1.82, 2.24) is 9.88 Å². The molecule has 0 bridgehead atoms. The van der Waals surface area contributed by atoms with Crippen LogP contribution in [-0.4, -0.2) is 29.7 Å². The molecule has 18 heavy (non-hydrogen) atoms. The number of nitrogens with one attached hydrogen (secondary N) is 1. The molecule has 1 aliphatic rings. The highest BCUT2D eigenvalue weighted by atomic mass is 16.5. The first-order valence-corrected chi connectivity index (χ1v) is 6.50. The zero-order valence-electron chi connectivity index (χ0n) is 11.6. The number of hydrogen-bond acceptors (Lipinski definition) is 3. The van der Waals surface area contributed by atoms with Crippen LogP contribution in [0.25, 0.3) is 0 Å². The molecule has 2 atom stereocenters. The van der Waals surface area contributed by atoms with E-state index in [9.17, 15) is 4.79 Å². The van der Waals surface area contributed by atoms with E-state index >= 15 is 0 Å². The zero-order chi connectivity index (χ0) is 13.3. The molecule has 0 saturated carbocycles. The lowest BCUT2D eigenvalue weighted by atomic mass is 10.1. The number of aromatic nitrogens is 1. The fraction of sp³-hybridized carbons (Fsp3) is 0.643. The Morgan fingerprint density at radius 3 is 2.78 bits per heavy atom. The highest BCUT2D eigenvalue weighted by Crippen LogP contribution is 2.22. The highest BCUT2D eigenvalue weighted by Gasteiger charge is 2.22. The van der Waals surface area contributed by atoms with E-state index in [1.165, 1.54) is 18.4 Å². The van der Waals surface area contributed by atoms with Gasteiger partial charge in [-0.1, -0.05) is 0 Å². The van der Waals surface area contributed by atoms with Gasteiger partial charge < -0.3 is 14.6 Å². The molecule has 2 heterocycles. The second-order valence-corrected chi connectivity index (χ2v) is 5.30. The molecule has 4 heteroatoms. The predicted molar refractivity (Wildman–Crippen MR) is 70.6 cm³/mol. The number of carbonyl (C=O) groups excluding carboxylic acids is 1. The molecule has 4 nitrogen and oxygen atoms in total. The molecule has 0 spiro atoms. The van der Waals surface area contributed by atoms with E-state index in [2.05, 4.69) is 29.8 Å². The van der Waals surface area contributed by atoms with Gasteiger partial charge in [0.05, 0.1) is 13.5 Å². The Bertz CT molecular complexity index is 451. The van der Waals surface area contributed by atoms with Crippen LogP contribution in [0.5, 0.6) is 0 Å². The van der Waals surface area contributed by atoms with E-state index in [0.29, 0.717) is 18.5 Å². The van der Waals surface area contributed by atoms with Gasteiger partial charge in [-0.05, 0) is 31.9 Å². The first-order chi connectivity index (χ1) is 8.51. The Kier molecular flexibility index (Phi) is 3.76. The maximum Gasteiger partial charge on any atom is 0.311 e. The summed E-state index contributed by atoms with van der Waals surface area (Å²) in [5.41, 5.74) is 3.76. The molecule has 1 aromatic rings. The van der Waals surface area contributed by atoms with Crippen molar-refractivity contribution in [2.75, 3.05) is 7.11 Å². The van der Waals surface area contributed by atoms with Crippen molar-refractivity contribution in [3.05, 3.63) is 23.0 Å². The van der Waals surface area contributed by atoms with Gasteiger partial charge in [-0.15, -0.1) is 0 Å². The maximum atomic E-state index is 11.4. The molecule has 0 aromatic carbocycles. The summed E-state index contributed by atoms with van der Waals surface area (Å²) >= 11 is 0. The minimum atomic E-state index is -0.176. The average Bonchev–Trinajstić information content (AvgIpc) is 2.49. The van der Waals surface area contributed by atoms with Gasteiger partial charge >= 0.3 is 5.97 Å². The Morgan fingerprint density at radius 1 is 1.44 bits per heavy atom. The minimum absolute atomic E-state index is 0.176. The Labute approximate surface area is 108 Å². The van der Waals surface area contributed by atoms with Gasteiger partial charge in [0.15, 0.2) is 0 Å². The molecule has 1 aliphatic heterocycles. The number of methoxy groups -OCH3 is 1. The van der Waals surface area contributed by atoms with Crippen LogP contribution in [-0.2, 0) is 35.8 Å². The van der Waals surface area contributed by atoms with Crippen molar-refractivity contribution >= 4 is 5.97 Å². The van der Waals surface area contributed by atoms with Crippen LogP contribution < -0.4 is 5.32 Å².